The summed E-state index contributed by atoms with van der Waals surface area (Å²) in [5.41, 5.74) is 1.16. The Morgan fingerprint density at radius 1 is 0.259 bits per heavy atom. The fourth-order valence-electron chi connectivity index (χ4n) is 5.36. The third kappa shape index (κ3) is 41.9. The molecule has 0 spiro atoms. The minimum absolute atomic E-state index is 0.522. The smallest absolute Gasteiger partial charge is 0.0718 e. The zero-order valence-corrected chi connectivity index (χ0v) is 34.3. The van der Waals surface area contributed by atoms with Crippen LogP contribution in [0.3, 0.4) is 0 Å². The Bertz CT molecular complexity index is 805. The van der Waals surface area contributed by atoms with Crippen LogP contribution in [0.4, 0.5) is 0 Å². The molecule has 0 heterocycles. The summed E-state index contributed by atoms with van der Waals surface area (Å²) in [5.74, 6) is 0. The molecule has 0 saturated carbocycles. The SMILES string of the molecule is CCCCCCCCCCCCCCCCOCCOCCOCCOCCOCCOCCOCCOCCOCCOCCOCc1ccccc1. The number of hydrogen-bond donors (Lipinski definition) is 0. The van der Waals surface area contributed by atoms with Crippen LogP contribution in [0.15, 0.2) is 30.3 Å². The zero-order chi connectivity index (χ0) is 38.3. The monoisotopic (exact) mass is 773 g/mol. The second-order valence-electron chi connectivity index (χ2n) is 13.3. The maximum Gasteiger partial charge on any atom is 0.0718 e. The summed E-state index contributed by atoms with van der Waals surface area (Å²) in [7, 11) is 0. The second-order valence-corrected chi connectivity index (χ2v) is 13.3. The second kappa shape index (κ2) is 46.2. The lowest BCUT2D eigenvalue weighted by atomic mass is 10.0. The molecule has 0 bridgehead atoms. The predicted octanol–water partition coefficient (Wildman–Crippen LogP) is 7.85. The van der Waals surface area contributed by atoms with E-state index in [1.807, 2.05) is 30.3 Å². The van der Waals surface area contributed by atoms with Crippen LogP contribution in [0.25, 0.3) is 0 Å². The summed E-state index contributed by atoms with van der Waals surface area (Å²) in [6.07, 6.45) is 19.3. The Hall–Kier alpha value is -1.22. The molecule has 54 heavy (non-hydrogen) atoms. The first-order valence-electron chi connectivity index (χ1n) is 21.3. The molecule has 0 saturated heterocycles. The van der Waals surface area contributed by atoms with Crippen molar-refractivity contribution in [2.75, 3.05) is 139 Å². The Balaban J connectivity index is 1.60. The van der Waals surface area contributed by atoms with E-state index in [0.717, 1.165) is 18.6 Å². The van der Waals surface area contributed by atoms with Crippen LogP contribution >= 0.6 is 0 Å². The number of hydrogen-bond acceptors (Lipinski definition) is 11. The van der Waals surface area contributed by atoms with E-state index in [9.17, 15) is 0 Å². The van der Waals surface area contributed by atoms with E-state index >= 15 is 0 Å². The number of unbranched alkanes of at least 4 members (excludes halogenated alkanes) is 13. The van der Waals surface area contributed by atoms with E-state index in [1.165, 1.54) is 83.5 Å². The molecule has 0 radical (unpaired) electrons. The normalized spacial score (nSPS) is 11.6. The molecule has 0 aliphatic rings. The average molecular weight is 773 g/mol. The highest BCUT2D eigenvalue weighted by atomic mass is 16.6. The lowest BCUT2D eigenvalue weighted by molar-refractivity contribution is -0.0277. The number of ether oxygens (including phenoxy) is 11. The van der Waals surface area contributed by atoms with Gasteiger partial charge in [-0.15, -0.1) is 0 Å². The molecule has 0 amide bonds. The first-order valence-corrected chi connectivity index (χ1v) is 21.3. The van der Waals surface area contributed by atoms with Crippen molar-refractivity contribution < 1.29 is 52.1 Å². The minimum Gasteiger partial charge on any atom is -0.379 e. The standard InChI is InChI=1S/C43H80O11/c1-2-3-4-5-6-7-8-9-10-11-12-13-14-18-21-44-22-23-45-24-25-46-26-27-47-28-29-48-30-31-49-32-33-50-34-35-51-36-37-52-38-39-53-40-41-54-42-43-19-16-15-17-20-43/h15-17,19-20H,2-14,18,21-42H2,1H3. The fraction of sp³-hybridized carbons (Fsp3) is 0.860. The van der Waals surface area contributed by atoms with Crippen molar-refractivity contribution in [3.8, 4) is 0 Å². The van der Waals surface area contributed by atoms with Gasteiger partial charge in [0, 0.05) is 6.61 Å². The van der Waals surface area contributed by atoms with Gasteiger partial charge in [0.05, 0.1) is 139 Å². The van der Waals surface area contributed by atoms with Gasteiger partial charge in [0.2, 0.25) is 0 Å². The topological polar surface area (TPSA) is 102 Å². The molecule has 0 unspecified atom stereocenters. The summed E-state index contributed by atoms with van der Waals surface area (Å²) < 4.78 is 61.0. The Morgan fingerprint density at radius 3 is 0.796 bits per heavy atom. The van der Waals surface area contributed by atoms with Gasteiger partial charge in [-0.25, -0.2) is 0 Å². The molecule has 0 atom stereocenters. The Labute approximate surface area is 329 Å². The summed E-state index contributed by atoms with van der Waals surface area (Å²) in [6, 6.07) is 10.1. The first-order chi connectivity index (χ1) is 26.9. The van der Waals surface area contributed by atoms with Crippen LogP contribution in [0.2, 0.25) is 0 Å². The summed E-state index contributed by atoms with van der Waals surface area (Å²) >= 11 is 0. The van der Waals surface area contributed by atoms with Crippen LogP contribution in [0.5, 0.6) is 0 Å². The molecule has 318 valence electrons. The molecule has 0 aromatic heterocycles. The summed E-state index contributed by atoms with van der Waals surface area (Å²) in [6.45, 7) is 14.7. The quantitative estimate of drug-likeness (QED) is 0.0606. The van der Waals surface area contributed by atoms with Gasteiger partial charge in [-0.1, -0.05) is 121 Å². The number of rotatable bonds is 47. The highest BCUT2D eigenvalue weighted by Gasteiger charge is 1.98. The summed E-state index contributed by atoms with van der Waals surface area (Å²) in [4.78, 5) is 0. The Morgan fingerprint density at radius 2 is 0.500 bits per heavy atom. The van der Waals surface area contributed by atoms with E-state index in [-0.39, 0.29) is 0 Å². The van der Waals surface area contributed by atoms with Crippen molar-refractivity contribution in [2.24, 2.45) is 0 Å². The lowest BCUT2D eigenvalue weighted by Gasteiger charge is -2.09. The number of benzene rings is 1. The van der Waals surface area contributed by atoms with Gasteiger partial charge in [-0.3, -0.25) is 0 Å². The van der Waals surface area contributed by atoms with Crippen LogP contribution < -0.4 is 0 Å². The van der Waals surface area contributed by atoms with Gasteiger partial charge in [-0.05, 0) is 12.0 Å². The van der Waals surface area contributed by atoms with E-state index in [1.54, 1.807) is 0 Å². The fourth-order valence-corrected chi connectivity index (χ4v) is 5.36. The van der Waals surface area contributed by atoms with Crippen molar-refractivity contribution in [1.29, 1.82) is 0 Å². The van der Waals surface area contributed by atoms with E-state index in [2.05, 4.69) is 6.92 Å². The molecular weight excluding hydrogens is 692 g/mol. The van der Waals surface area contributed by atoms with Crippen molar-refractivity contribution in [3.63, 3.8) is 0 Å². The van der Waals surface area contributed by atoms with Crippen molar-refractivity contribution in [1.82, 2.24) is 0 Å². The van der Waals surface area contributed by atoms with Gasteiger partial charge in [-0.2, -0.15) is 0 Å². The molecule has 11 nitrogen and oxygen atoms in total. The third-order valence-corrected chi connectivity index (χ3v) is 8.47. The maximum absolute atomic E-state index is 5.69. The molecule has 0 aliphatic carbocycles. The average Bonchev–Trinajstić information content (AvgIpc) is 3.19. The molecule has 11 heteroatoms. The van der Waals surface area contributed by atoms with E-state index in [0.29, 0.717) is 139 Å². The predicted molar refractivity (Wildman–Crippen MR) is 215 cm³/mol. The van der Waals surface area contributed by atoms with E-state index in [4.69, 9.17) is 52.1 Å². The Kier molecular flexibility index (Phi) is 43.4. The molecule has 1 rings (SSSR count). The molecule has 0 N–H and O–H groups in total. The van der Waals surface area contributed by atoms with Crippen molar-refractivity contribution in [2.45, 2.75) is 103 Å². The first kappa shape index (κ1) is 50.8. The van der Waals surface area contributed by atoms with Crippen LogP contribution in [-0.4, -0.2) is 139 Å². The maximum atomic E-state index is 5.69. The molecular formula is C43H80O11. The van der Waals surface area contributed by atoms with Gasteiger partial charge in [0.15, 0.2) is 0 Å². The molecule has 1 aromatic rings. The van der Waals surface area contributed by atoms with Gasteiger partial charge >= 0.3 is 0 Å². The molecule has 0 fully saturated rings. The zero-order valence-electron chi connectivity index (χ0n) is 34.3. The molecule has 1 aromatic carbocycles. The minimum atomic E-state index is 0.522. The van der Waals surface area contributed by atoms with Crippen molar-refractivity contribution >= 4 is 0 Å². The largest absolute Gasteiger partial charge is 0.379 e. The van der Waals surface area contributed by atoms with Gasteiger partial charge < -0.3 is 52.1 Å². The third-order valence-electron chi connectivity index (χ3n) is 8.47. The van der Waals surface area contributed by atoms with Crippen LogP contribution in [-0.2, 0) is 58.7 Å². The van der Waals surface area contributed by atoms with E-state index < -0.39 is 0 Å². The van der Waals surface area contributed by atoms with Crippen LogP contribution in [0.1, 0.15) is 102 Å². The van der Waals surface area contributed by atoms with Gasteiger partial charge in [0.1, 0.15) is 0 Å². The van der Waals surface area contributed by atoms with Crippen LogP contribution in [0, 0.1) is 0 Å². The highest BCUT2D eigenvalue weighted by molar-refractivity contribution is 5.13. The lowest BCUT2D eigenvalue weighted by Crippen LogP contribution is -2.15. The highest BCUT2D eigenvalue weighted by Crippen LogP contribution is 2.13. The molecule has 0 aliphatic heterocycles. The summed E-state index contributed by atoms with van der Waals surface area (Å²) in [5, 5.41) is 0. The van der Waals surface area contributed by atoms with Crippen molar-refractivity contribution in [3.05, 3.63) is 35.9 Å². The van der Waals surface area contributed by atoms with Gasteiger partial charge in [0.25, 0.3) is 0 Å².